The highest BCUT2D eigenvalue weighted by Crippen LogP contribution is 2.32. The molecule has 0 bridgehead atoms. The zero-order chi connectivity index (χ0) is 9.97. The van der Waals surface area contributed by atoms with Crippen molar-refractivity contribution in [2.75, 3.05) is 20.1 Å². The molecule has 0 radical (unpaired) electrons. The lowest BCUT2D eigenvalue weighted by molar-refractivity contribution is 0.127. The Bertz CT molecular complexity index is 271. The van der Waals surface area contributed by atoms with Gasteiger partial charge in [-0.3, -0.25) is 4.90 Å². The van der Waals surface area contributed by atoms with Crippen LogP contribution in [-0.2, 0) is 0 Å². The van der Waals surface area contributed by atoms with Crippen LogP contribution in [0.2, 0.25) is 0 Å². The summed E-state index contributed by atoms with van der Waals surface area (Å²) >= 11 is 0. The second kappa shape index (κ2) is 4.15. The van der Waals surface area contributed by atoms with Gasteiger partial charge in [0.1, 0.15) is 5.76 Å². The molecule has 1 aliphatic rings. The van der Waals surface area contributed by atoms with Gasteiger partial charge in [-0.1, -0.05) is 0 Å². The van der Waals surface area contributed by atoms with E-state index in [0.717, 1.165) is 25.3 Å². The second-order valence-electron chi connectivity index (χ2n) is 4.14. The van der Waals surface area contributed by atoms with Crippen LogP contribution in [0.1, 0.15) is 24.6 Å². The molecule has 3 heteroatoms. The van der Waals surface area contributed by atoms with Crippen molar-refractivity contribution in [3.05, 3.63) is 24.2 Å². The minimum Gasteiger partial charge on any atom is -0.468 e. The molecular weight excluding hydrogens is 176 g/mol. The summed E-state index contributed by atoms with van der Waals surface area (Å²) in [6.45, 7) is 1.91. The summed E-state index contributed by atoms with van der Waals surface area (Å²) in [6, 6.07) is 4.43. The lowest BCUT2D eigenvalue weighted by Crippen LogP contribution is -2.36. The summed E-state index contributed by atoms with van der Waals surface area (Å²) in [5.41, 5.74) is 5.72. The minimum absolute atomic E-state index is 0.423. The summed E-state index contributed by atoms with van der Waals surface area (Å²) < 4.78 is 5.45. The van der Waals surface area contributed by atoms with Crippen molar-refractivity contribution in [2.24, 2.45) is 11.7 Å². The van der Waals surface area contributed by atoms with Crippen molar-refractivity contribution >= 4 is 0 Å². The predicted molar refractivity (Wildman–Crippen MR) is 55.9 cm³/mol. The Kier molecular flexibility index (Phi) is 2.89. The van der Waals surface area contributed by atoms with Crippen molar-refractivity contribution < 1.29 is 4.42 Å². The maximum Gasteiger partial charge on any atom is 0.120 e. The Balaban J connectivity index is 2.09. The molecule has 3 nitrogen and oxygen atoms in total. The molecule has 2 rings (SSSR count). The Hall–Kier alpha value is -0.800. The van der Waals surface area contributed by atoms with Gasteiger partial charge in [0.05, 0.1) is 12.3 Å². The average Bonchev–Trinajstić information content (AvgIpc) is 2.71. The van der Waals surface area contributed by atoms with Crippen LogP contribution in [0.25, 0.3) is 0 Å². The van der Waals surface area contributed by atoms with Crippen molar-refractivity contribution in [1.82, 2.24) is 4.90 Å². The fourth-order valence-electron chi connectivity index (χ4n) is 2.18. The van der Waals surface area contributed by atoms with Gasteiger partial charge < -0.3 is 10.2 Å². The smallest absolute Gasteiger partial charge is 0.120 e. The molecule has 0 spiro atoms. The van der Waals surface area contributed by atoms with Gasteiger partial charge in [0.25, 0.3) is 0 Å². The molecule has 1 aliphatic heterocycles. The SMILES string of the molecule is CN1CC[C@H](CN)C[C@@H]1c1ccco1. The van der Waals surface area contributed by atoms with Crippen LogP contribution >= 0.6 is 0 Å². The van der Waals surface area contributed by atoms with Gasteiger partial charge in [0, 0.05) is 0 Å². The third-order valence-corrected chi connectivity index (χ3v) is 3.18. The summed E-state index contributed by atoms with van der Waals surface area (Å²) in [5, 5.41) is 0. The molecule has 14 heavy (non-hydrogen) atoms. The van der Waals surface area contributed by atoms with E-state index in [-0.39, 0.29) is 0 Å². The molecule has 0 amide bonds. The Morgan fingerprint density at radius 2 is 2.50 bits per heavy atom. The summed E-state index contributed by atoms with van der Waals surface area (Å²) in [7, 11) is 2.15. The first-order valence-corrected chi connectivity index (χ1v) is 5.25. The number of nitrogens with two attached hydrogens (primary N) is 1. The fraction of sp³-hybridized carbons (Fsp3) is 0.636. The average molecular weight is 194 g/mol. The third-order valence-electron chi connectivity index (χ3n) is 3.18. The van der Waals surface area contributed by atoms with E-state index in [9.17, 15) is 0 Å². The van der Waals surface area contributed by atoms with E-state index in [0.29, 0.717) is 12.0 Å². The highest BCUT2D eigenvalue weighted by Gasteiger charge is 2.27. The largest absolute Gasteiger partial charge is 0.468 e. The molecule has 1 aromatic rings. The zero-order valence-electron chi connectivity index (χ0n) is 8.65. The van der Waals surface area contributed by atoms with Gasteiger partial charge in [-0.2, -0.15) is 0 Å². The second-order valence-corrected chi connectivity index (χ2v) is 4.14. The summed E-state index contributed by atoms with van der Waals surface area (Å²) in [4.78, 5) is 2.35. The first-order chi connectivity index (χ1) is 6.81. The van der Waals surface area contributed by atoms with Crippen LogP contribution in [0.3, 0.4) is 0 Å². The molecule has 78 valence electrons. The number of likely N-dealkylation sites (tertiary alicyclic amines) is 1. The molecule has 0 saturated carbocycles. The first kappa shape index (κ1) is 9.74. The van der Waals surface area contributed by atoms with Crippen LogP contribution < -0.4 is 5.73 Å². The Labute approximate surface area is 84.9 Å². The number of piperidine rings is 1. The lowest BCUT2D eigenvalue weighted by atomic mass is 9.90. The van der Waals surface area contributed by atoms with Gasteiger partial charge >= 0.3 is 0 Å². The van der Waals surface area contributed by atoms with Crippen LogP contribution in [0.5, 0.6) is 0 Å². The maximum absolute atomic E-state index is 5.72. The van der Waals surface area contributed by atoms with E-state index in [2.05, 4.69) is 18.0 Å². The van der Waals surface area contributed by atoms with E-state index in [4.69, 9.17) is 10.2 Å². The summed E-state index contributed by atoms with van der Waals surface area (Å²) in [5.74, 6) is 1.73. The molecule has 1 fully saturated rings. The Morgan fingerprint density at radius 1 is 1.64 bits per heavy atom. The van der Waals surface area contributed by atoms with Crippen LogP contribution in [0.4, 0.5) is 0 Å². The standard InChI is InChI=1S/C11H18N2O/c1-13-5-4-9(8-12)7-10(13)11-3-2-6-14-11/h2-3,6,9-10H,4-5,7-8,12H2,1H3/t9-,10+/m0/s1. The van der Waals surface area contributed by atoms with Gasteiger partial charge in [0.15, 0.2) is 0 Å². The molecule has 0 aromatic carbocycles. The number of nitrogens with zero attached hydrogens (tertiary/aromatic N) is 1. The Morgan fingerprint density at radius 3 is 3.14 bits per heavy atom. The van der Waals surface area contributed by atoms with E-state index < -0.39 is 0 Å². The van der Waals surface area contributed by atoms with E-state index in [1.807, 2.05) is 6.07 Å². The summed E-state index contributed by atoms with van der Waals surface area (Å²) in [6.07, 6.45) is 4.08. The van der Waals surface area contributed by atoms with Crippen molar-refractivity contribution in [2.45, 2.75) is 18.9 Å². The van der Waals surface area contributed by atoms with Gasteiger partial charge in [-0.05, 0) is 51.0 Å². The van der Waals surface area contributed by atoms with E-state index in [1.54, 1.807) is 6.26 Å². The molecule has 2 atom stereocenters. The number of hydrogen-bond acceptors (Lipinski definition) is 3. The van der Waals surface area contributed by atoms with Crippen LogP contribution in [0, 0.1) is 5.92 Å². The number of rotatable bonds is 2. The third kappa shape index (κ3) is 1.83. The van der Waals surface area contributed by atoms with Gasteiger partial charge in [-0.15, -0.1) is 0 Å². The van der Waals surface area contributed by atoms with Crippen LogP contribution in [0.15, 0.2) is 22.8 Å². The van der Waals surface area contributed by atoms with Crippen molar-refractivity contribution in [1.29, 1.82) is 0 Å². The normalized spacial score (nSPS) is 29.3. The number of furan rings is 1. The zero-order valence-corrected chi connectivity index (χ0v) is 8.65. The minimum atomic E-state index is 0.423. The molecule has 2 heterocycles. The molecule has 0 aliphatic carbocycles. The van der Waals surface area contributed by atoms with E-state index in [1.165, 1.54) is 6.42 Å². The molecule has 1 saturated heterocycles. The monoisotopic (exact) mass is 194 g/mol. The molecular formula is C11H18N2O. The van der Waals surface area contributed by atoms with Gasteiger partial charge in [-0.25, -0.2) is 0 Å². The predicted octanol–water partition coefficient (Wildman–Crippen LogP) is 1.62. The van der Waals surface area contributed by atoms with Crippen molar-refractivity contribution in [3.8, 4) is 0 Å². The topological polar surface area (TPSA) is 42.4 Å². The molecule has 2 N–H and O–H groups in total. The number of hydrogen-bond donors (Lipinski definition) is 1. The molecule has 1 aromatic heterocycles. The first-order valence-electron chi connectivity index (χ1n) is 5.25. The van der Waals surface area contributed by atoms with Gasteiger partial charge in [0.2, 0.25) is 0 Å². The maximum atomic E-state index is 5.72. The highest BCUT2D eigenvalue weighted by molar-refractivity contribution is 5.06. The lowest BCUT2D eigenvalue weighted by Gasteiger charge is -2.35. The van der Waals surface area contributed by atoms with Crippen molar-refractivity contribution in [3.63, 3.8) is 0 Å². The quantitative estimate of drug-likeness (QED) is 0.778. The highest BCUT2D eigenvalue weighted by atomic mass is 16.3. The van der Waals surface area contributed by atoms with E-state index >= 15 is 0 Å². The fourth-order valence-corrected chi connectivity index (χ4v) is 2.18. The molecule has 0 unspecified atom stereocenters. The van der Waals surface area contributed by atoms with Crippen LogP contribution in [-0.4, -0.2) is 25.0 Å².